The third-order valence-electron chi connectivity index (χ3n) is 3.19. The molecule has 1 aliphatic heterocycles. The van der Waals surface area contributed by atoms with Crippen molar-refractivity contribution in [2.75, 3.05) is 43.9 Å². The Labute approximate surface area is 99.8 Å². The SMILES string of the molecule is C[NH+]1CCN(c2ccc([N+](=O)[O-])c(N)c2)CC1. The van der Waals surface area contributed by atoms with Crippen LogP contribution < -0.4 is 15.5 Å². The molecule has 0 aromatic heterocycles. The molecule has 1 saturated heterocycles. The van der Waals surface area contributed by atoms with E-state index in [9.17, 15) is 10.1 Å². The number of rotatable bonds is 2. The number of nitro benzene ring substituents is 1. The number of nitrogens with one attached hydrogen (secondary N) is 1. The first kappa shape index (κ1) is 11.7. The lowest BCUT2D eigenvalue weighted by molar-refractivity contribution is -0.880. The largest absolute Gasteiger partial charge is 0.393 e. The van der Waals surface area contributed by atoms with E-state index in [2.05, 4.69) is 11.9 Å². The van der Waals surface area contributed by atoms with Crippen molar-refractivity contribution in [1.29, 1.82) is 0 Å². The maximum absolute atomic E-state index is 10.7. The Morgan fingerprint density at radius 2 is 2.06 bits per heavy atom. The zero-order valence-electron chi connectivity index (χ0n) is 9.85. The molecule has 0 saturated carbocycles. The number of likely N-dealkylation sites (N-methyl/N-ethyl adjacent to an activating group) is 1. The molecular formula is C11H17N4O2+. The molecule has 6 heteroatoms. The lowest BCUT2D eigenvalue weighted by atomic mass is 10.2. The van der Waals surface area contributed by atoms with E-state index in [0.29, 0.717) is 0 Å². The van der Waals surface area contributed by atoms with Crippen molar-refractivity contribution < 1.29 is 9.82 Å². The van der Waals surface area contributed by atoms with Crippen molar-refractivity contribution in [2.24, 2.45) is 0 Å². The lowest BCUT2D eigenvalue weighted by Gasteiger charge is -2.31. The molecule has 0 radical (unpaired) electrons. The minimum atomic E-state index is -0.451. The number of hydrogen-bond acceptors (Lipinski definition) is 4. The molecule has 0 bridgehead atoms. The first-order valence-electron chi connectivity index (χ1n) is 5.68. The van der Waals surface area contributed by atoms with Gasteiger partial charge in [0.25, 0.3) is 5.69 Å². The average molecular weight is 237 g/mol. The Morgan fingerprint density at radius 1 is 1.41 bits per heavy atom. The molecule has 0 atom stereocenters. The molecule has 0 aliphatic carbocycles. The summed E-state index contributed by atoms with van der Waals surface area (Å²) in [5, 5.41) is 10.7. The van der Waals surface area contributed by atoms with Crippen molar-refractivity contribution in [3.63, 3.8) is 0 Å². The van der Waals surface area contributed by atoms with E-state index in [4.69, 9.17) is 5.73 Å². The van der Waals surface area contributed by atoms with Gasteiger partial charge < -0.3 is 15.5 Å². The van der Waals surface area contributed by atoms with Gasteiger partial charge in [-0.3, -0.25) is 10.1 Å². The topological polar surface area (TPSA) is 76.8 Å². The van der Waals surface area contributed by atoms with Crippen molar-refractivity contribution in [2.45, 2.75) is 0 Å². The van der Waals surface area contributed by atoms with Crippen LogP contribution in [0.4, 0.5) is 17.1 Å². The summed E-state index contributed by atoms with van der Waals surface area (Å²) in [4.78, 5) is 13.9. The van der Waals surface area contributed by atoms with Crippen LogP contribution in [0.2, 0.25) is 0 Å². The normalized spacial score (nSPS) is 17.1. The number of nitrogens with zero attached hydrogens (tertiary/aromatic N) is 2. The van der Waals surface area contributed by atoms with Gasteiger partial charge in [0, 0.05) is 11.8 Å². The smallest absolute Gasteiger partial charge is 0.292 e. The Hall–Kier alpha value is -1.82. The van der Waals surface area contributed by atoms with Gasteiger partial charge in [-0.15, -0.1) is 0 Å². The number of benzene rings is 1. The average Bonchev–Trinajstić information content (AvgIpc) is 2.29. The molecule has 1 aromatic rings. The maximum Gasteiger partial charge on any atom is 0.292 e. The summed E-state index contributed by atoms with van der Waals surface area (Å²) >= 11 is 0. The molecule has 2 rings (SSSR count). The summed E-state index contributed by atoms with van der Waals surface area (Å²) in [5.41, 5.74) is 6.87. The van der Waals surface area contributed by atoms with Crippen LogP contribution in [-0.4, -0.2) is 38.2 Å². The highest BCUT2D eigenvalue weighted by molar-refractivity contribution is 5.66. The molecule has 0 unspecified atom stereocenters. The lowest BCUT2D eigenvalue weighted by Crippen LogP contribution is -3.12. The van der Waals surface area contributed by atoms with Gasteiger partial charge in [0.1, 0.15) is 5.69 Å². The third kappa shape index (κ3) is 2.47. The summed E-state index contributed by atoms with van der Waals surface area (Å²) in [6, 6.07) is 4.95. The van der Waals surface area contributed by atoms with E-state index in [0.717, 1.165) is 31.9 Å². The van der Waals surface area contributed by atoms with Crippen LogP contribution >= 0.6 is 0 Å². The van der Waals surface area contributed by atoms with Crippen LogP contribution in [0.3, 0.4) is 0 Å². The van der Waals surface area contributed by atoms with Crippen LogP contribution in [0.1, 0.15) is 0 Å². The fourth-order valence-corrected chi connectivity index (χ4v) is 2.05. The first-order chi connectivity index (χ1) is 8.08. The zero-order valence-corrected chi connectivity index (χ0v) is 9.85. The van der Waals surface area contributed by atoms with Crippen molar-refractivity contribution in [3.8, 4) is 0 Å². The van der Waals surface area contributed by atoms with Crippen LogP contribution in [0, 0.1) is 10.1 Å². The molecule has 92 valence electrons. The van der Waals surface area contributed by atoms with Gasteiger partial charge >= 0.3 is 0 Å². The quantitative estimate of drug-likeness (QED) is 0.413. The standard InChI is InChI=1S/C11H16N4O2/c1-13-4-6-14(7-5-13)9-2-3-11(15(16)17)10(12)8-9/h2-3,8H,4-7,12H2,1H3/p+1. The number of nitro groups is 1. The number of piperazine rings is 1. The zero-order chi connectivity index (χ0) is 12.4. The van der Waals surface area contributed by atoms with Gasteiger partial charge in [0.15, 0.2) is 0 Å². The fourth-order valence-electron chi connectivity index (χ4n) is 2.05. The van der Waals surface area contributed by atoms with Crippen molar-refractivity contribution >= 4 is 17.1 Å². The Bertz CT molecular complexity index is 427. The summed E-state index contributed by atoms with van der Waals surface area (Å²) in [5.74, 6) is 0. The number of nitrogens with two attached hydrogens (primary N) is 1. The Morgan fingerprint density at radius 3 is 2.59 bits per heavy atom. The number of anilines is 2. The van der Waals surface area contributed by atoms with Gasteiger partial charge in [0.2, 0.25) is 0 Å². The molecule has 1 aromatic carbocycles. The number of quaternary nitrogens is 1. The molecule has 17 heavy (non-hydrogen) atoms. The fraction of sp³-hybridized carbons (Fsp3) is 0.455. The minimum absolute atomic E-state index is 0.0199. The highest BCUT2D eigenvalue weighted by Gasteiger charge is 2.19. The third-order valence-corrected chi connectivity index (χ3v) is 3.19. The molecule has 1 aliphatic rings. The van der Waals surface area contributed by atoms with Crippen LogP contribution in [0.25, 0.3) is 0 Å². The molecule has 0 amide bonds. The van der Waals surface area contributed by atoms with Crippen LogP contribution in [0.5, 0.6) is 0 Å². The first-order valence-corrected chi connectivity index (χ1v) is 5.68. The van der Waals surface area contributed by atoms with Crippen molar-refractivity contribution in [3.05, 3.63) is 28.3 Å². The van der Waals surface area contributed by atoms with E-state index >= 15 is 0 Å². The van der Waals surface area contributed by atoms with Gasteiger partial charge in [0.05, 0.1) is 38.2 Å². The number of nitrogen functional groups attached to an aromatic ring is 1. The summed E-state index contributed by atoms with van der Waals surface area (Å²) in [6.07, 6.45) is 0. The van der Waals surface area contributed by atoms with Crippen LogP contribution in [-0.2, 0) is 0 Å². The number of hydrogen-bond donors (Lipinski definition) is 2. The molecule has 0 spiro atoms. The Balaban J connectivity index is 2.17. The molecular weight excluding hydrogens is 220 g/mol. The van der Waals surface area contributed by atoms with Gasteiger partial charge in [-0.25, -0.2) is 0 Å². The van der Waals surface area contributed by atoms with E-state index in [1.165, 1.54) is 11.0 Å². The molecule has 1 heterocycles. The second kappa shape index (κ2) is 4.58. The molecule has 1 fully saturated rings. The van der Waals surface area contributed by atoms with Crippen molar-refractivity contribution in [1.82, 2.24) is 0 Å². The summed E-state index contributed by atoms with van der Waals surface area (Å²) in [6.45, 7) is 4.08. The second-order valence-electron chi connectivity index (χ2n) is 4.44. The highest BCUT2D eigenvalue weighted by atomic mass is 16.6. The van der Waals surface area contributed by atoms with E-state index < -0.39 is 4.92 Å². The second-order valence-corrected chi connectivity index (χ2v) is 4.44. The van der Waals surface area contributed by atoms with E-state index in [1.54, 1.807) is 12.1 Å². The predicted molar refractivity (Wildman–Crippen MR) is 66.3 cm³/mol. The summed E-state index contributed by atoms with van der Waals surface area (Å²) < 4.78 is 0. The maximum atomic E-state index is 10.7. The molecule has 3 N–H and O–H groups in total. The predicted octanol–water partition coefficient (Wildman–Crippen LogP) is -0.488. The Kier molecular flexibility index (Phi) is 3.14. The van der Waals surface area contributed by atoms with Gasteiger partial charge in [-0.05, 0) is 12.1 Å². The molecule has 6 nitrogen and oxygen atoms in total. The monoisotopic (exact) mass is 237 g/mol. The van der Waals surface area contributed by atoms with E-state index in [1.807, 2.05) is 0 Å². The van der Waals surface area contributed by atoms with Gasteiger partial charge in [-0.2, -0.15) is 0 Å². The summed E-state index contributed by atoms with van der Waals surface area (Å²) in [7, 11) is 2.17. The van der Waals surface area contributed by atoms with Crippen LogP contribution in [0.15, 0.2) is 18.2 Å². The van der Waals surface area contributed by atoms with E-state index in [-0.39, 0.29) is 11.4 Å². The highest BCUT2D eigenvalue weighted by Crippen LogP contribution is 2.26. The minimum Gasteiger partial charge on any atom is -0.393 e. The van der Waals surface area contributed by atoms with Gasteiger partial charge in [-0.1, -0.05) is 0 Å².